The van der Waals surface area contributed by atoms with Gasteiger partial charge in [0.25, 0.3) is 5.97 Å². The maximum Gasteiger partial charge on any atom is 0.342 e. The lowest BCUT2D eigenvalue weighted by Gasteiger charge is -2.44. The standard InChI is InChI=1S/C11H24O4Si/c1-10(2)9-16(14-5)8-6-7-11(12-3,13-4)15-16/h10H,6-9H2,1-5H3. The van der Waals surface area contributed by atoms with Gasteiger partial charge in [0.2, 0.25) is 0 Å². The van der Waals surface area contributed by atoms with E-state index in [2.05, 4.69) is 13.8 Å². The molecule has 0 saturated carbocycles. The first-order valence-corrected chi connectivity index (χ1v) is 8.10. The van der Waals surface area contributed by atoms with Crippen molar-refractivity contribution in [3.63, 3.8) is 0 Å². The van der Waals surface area contributed by atoms with Crippen LogP contribution in [-0.4, -0.2) is 35.9 Å². The van der Waals surface area contributed by atoms with Crippen molar-refractivity contribution in [2.75, 3.05) is 21.3 Å². The third-order valence-corrected chi connectivity index (χ3v) is 7.08. The van der Waals surface area contributed by atoms with Crippen LogP contribution in [-0.2, 0) is 18.3 Å². The maximum absolute atomic E-state index is 6.09. The van der Waals surface area contributed by atoms with Crippen LogP contribution >= 0.6 is 0 Å². The summed E-state index contributed by atoms with van der Waals surface area (Å²) in [6.07, 6.45) is 1.81. The van der Waals surface area contributed by atoms with Gasteiger partial charge in [-0.05, 0) is 24.4 Å². The largest absolute Gasteiger partial charge is 0.397 e. The van der Waals surface area contributed by atoms with Gasteiger partial charge in [-0.25, -0.2) is 0 Å². The molecule has 0 aromatic rings. The van der Waals surface area contributed by atoms with Crippen LogP contribution in [0.5, 0.6) is 0 Å². The summed E-state index contributed by atoms with van der Waals surface area (Å²) in [5.41, 5.74) is 0. The molecular weight excluding hydrogens is 224 g/mol. The zero-order chi connectivity index (χ0) is 12.2. The van der Waals surface area contributed by atoms with Crippen LogP contribution in [0, 0.1) is 5.92 Å². The van der Waals surface area contributed by atoms with E-state index in [0.717, 1.165) is 24.9 Å². The van der Waals surface area contributed by atoms with E-state index in [1.807, 2.05) is 0 Å². The van der Waals surface area contributed by atoms with E-state index in [-0.39, 0.29) is 0 Å². The Bertz CT molecular complexity index is 218. The van der Waals surface area contributed by atoms with E-state index in [9.17, 15) is 0 Å². The van der Waals surface area contributed by atoms with Gasteiger partial charge in [-0.3, -0.25) is 0 Å². The van der Waals surface area contributed by atoms with E-state index in [1.165, 1.54) is 0 Å². The van der Waals surface area contributed by atoms with Crippen molar-refractivity contribution >= 4 is 8.56 Å². The van der Waals surface area contributed by atoms with Crippen LogP contribution < -0.4 is 0 Å². The fourth-order valence-corrected chi connectivity index (χ4v) is 5.96. The fourth-order valence-electron chi connectivity index (χ4n) is 2.32. The first kappa shape index (κ1) is 14.1. The second-order valence-electron chi connectivity index (χ2n) is 4.76. The molecule has 5 heteroatoms. The Morgan fingerprint density at radius 1 is 1.25 bits per heavy atom. The summed E-state index contributed by atoms with van der Waals surface area (Å²) in [5, 5.41) is 0. The number of rotatable bonds is 5. The highest BCUT2D eigenvalue weighted by atomic mass is 28.4. The molecule has 4 nitrogen and oxygen atoms in total. The summed E-state index contributed by atoms with van der Waals surface area (Å²) < 4.78 is 22.6. The molecule has 16 heavy (non-hydrogen) atoms. The summed E-state index contributed by atoms with van der Waals surface area (Å²) >= 11 is 0. The Balaban J connectivity index is 2.78. The van der Waals surface area contributed by atoms with Gasteiger partial charge < -0.3 is 18.3 Å². The molecule has 0 bridgehead atoms. The highest BCUT2D eigenvalue weighted by molar-refractivity contribution is 6.67. The fraction of sp³-hybridized carbons (Fsp3) is 1.00. The van der Waals surface area contributed by atoms with Crippen LogP contribution in [0.25, 0.3) is 0 Å². The summed E-state index contributed by atoms with van der Waals surface area (Å²) in [7, 11) is 2.85. The minimum atomic E-state index is -2.15. The molecular formula is C11H24O4Si. The van der Waals surface area contributed by atoms with Crippen LogP contribution in [0.15, 0.2) is 0 Å². The molecule has 1 fully saturated rings. The predicted octanol–water partition coefficient (Wildman–Crippen LogP) is 2.49. The monoisotopic (exact) mass is 248 g/mol. The molecule has 1 saturated heterocycles. The van der Waals surface area contributed by atoms with Gasteiger partial charge in [-0.15, -0.1) is 0 Å². The normalized spacial score (nSPS) is 29.6. The van der Waals surface area contributed by atoms with E-state index in [0.29, 0.717) is 5.92 Å². The Kier molecular flexibility index (Phi) is 4.94. The summed E-state index contributed by atoms with van der Waals surface area (Å²) in [4.78, 5) is 0. The second kappa shape index (κ2) is 5.60. The average Bonchev–Trinajstić information content (AvgIpc) is 2.28. The molecule has 0 aliphatic carbocycles. The van der Waals surface area contributed by atoms with Crippen molar-refractivity contribution in [1.29, 1.82) is 0 Å². The van der Waals surface area contributed by atoms with Crippen molar-refractivity contribution in [1.82, 2.24) is 0 Å². The van der Waals surface area contributed by atoms with Gasteiger partial charge in [0.1, 0.15) is 0 Å². The van der Waals surface area contributed by atoms with E-state index in [4.69, 9.17) is 18.3 Å². The number of hydrogen-bond donors (Lipinski definition) is 0. The van der Waals surface area contributed by atoms with Crippen LogP contribution in [0.4, 0.5) is 0 Å². The Hall–Kier alpha value is 0.0569. The molecule has 1 aliphatic rings. The molecule has 1 atom stereocenters. The zero-order valence-corrected chi connectivity index (χ0v) is 12.0. The van der Waals surface area contributed by atoms with Gasteiger partial charge in [-0.2, -0.15) is 0 Å². The van der Waals surface area contributed by atoms with Crippen molar-refractivity contribution in [2.24, 2.45) is 5.92 Å². The number of ether oxygens (including phenoxy) is 2. The lowest BCUT2D eigenvalue weighted by Crippen LogP contribution is -2.55. The Morgan fingerprint density at radius 3 is 2.31 bits per heavy atom. The summed E-state index contributed by atoms with van der Waals surface area (Å²) in [5.74, 6) is -0.314. The van der Waals surface area contributed by atoms with Gasteiger partial charge in [0.15, 0.2) is 0 Å². The van der Waals surface area contributed by atoms with Crippen LogP contribution in [0.1, 0.15) is 26.7 Å². The summed E-state index contributed by atoms with van der Waals surface area (Å²) in [6, 6.07) is 2.01. The third kappa shape index (κ3) is 3.04. The molecule has 0 aromatic carbocycles. The first-order valence-electron chi connectivity index (χ1n) is 5.87. The smallest absolute Gasteiger partial charge is 0.342 e. The van der Waals surface area contributed by atoms with E-state index < -0.39 is 14.5 Å². The van der Waals surface area contributed by atoms with Crippen molar-refractivity contribution < 1.29 is 18.3 Å². The molecule has 0 radical (unpaired) electrons. The number of methoxy groups -OCH3 is 2. The molecule has 1 aliphatic heterocycles. The maximum atomic E-state index is 6.09. The third-order valence-electron chi connectivity index (χ3n) is 3.10. The molecule has 0 amide bonds. The van der Waals surface area contributed by atoms with E-state index in [1.54, 1.807) is 21.3 Å². The quantitative estimate of drug-likeness (QED) is 0.553. The summed E-state index contributed by atoms with van der Waals surface area (Å²) in [6.45, 7) is 4.38. The topological polar surface area (TPSA) is 36.9 Å². The molecule has 1 rings (SSSR count). The Labute approximate surface area is 99.5 Å². The van der Waals surface area contributed by atoms with E-state index >= 15 is 0 Å². The van der Waals surface area contributed by atoms with Gasteiger partial charge in [0.05, 0.1) is 0 Å². The Morgan fingerprint density at radius 2 is 1.88 bits per heavy atom. The predicted molar refractivity (Wildman–Crippen MR) is 64.3 cm³/mol. The SMILES string of the molecule is COC1(OC)CCC[Si](CC(C)C)(OC)O1. The van der Waals surface area contributed by atoms with Crippen LogP contribution in [0.2, 0.25) is 12.1 Å². The van der Waals surface area contributed by atoms with Crippen molar-refractivity contribution in [3.8, 4) is 0 Å². The second-order valence-corrected chi connectivity index (χ2v) is 8.10. The lowest BCUT2D eigenvalue weighted by molar-refractivity contribution is -0.341. The number of hydrogen-bond acceptors (Lipinski definition) is 4. The molecule has 1 heterocycles. The molecule has 0 spiro atoms. The molecule has 1 unspecified atom stereocenters. The average molecular weight is 248 g/mol. The minimum Gasteiger partial charge on any atom is -0.397 e. The molecule has 0 aromatic heterocycles. The zero-order valence-electron chi connectivity index (χ0n) is 11.0. The van der Waals surface area contributed by atoms with Gasteiger partial charge >= 0.3 is 8.56 Å². The lowest BCUT2D eigenvalue weighted by atomic mass is 10.3. The highest BCUT2D eigenvalue weighted by Gasteiger charge is 2.50. The van der Waals surface area contributed by atoms with Gasteiger partial charge in [0, 0.05) is 27.8 Å². The highest BCUT2D eigenvalue weighted by Crippen LogP contribution is 2.38. The van der Waals surface area contributed by atoms with Crippen LogP contribution in [0.3, 0.4) is 0 Å². The van der Waals surface area contributed by atoms with Crippen molar-refractivity contribution in [3.05, 3.63) is 0 Å². The van der Waals surface area contributed by atoms with Crippen molar-refractivity contribution in [2.45, 2.75) is 44.8 Å². The molecule has 0 N–H and O–H groups in total. The first-order chi connectivity index (χ1) is 7.51. The minimum absolute atomic E-state index is 0.566. The van der Waals surface area contributed by atoms with Gasteiger partial charge in [-0.1, -0.05) is 13.8 Å². The molecule has 96 valence electrons.